The van der Waals surface area contributed by atoms with Crippen LogP contribution in [0.5, 0.6) is 0 Å². The third-order valence-electron chi connectivity index (χ3n) is 0. The van der Waals surface area contributed by atoms with E-state index < -0.39 is 11.5 Å². The van der Waals surface area contributed by atoms with Crippen molar-refractivity contribution in [2.45, 2.75) is 0 Å². The summed E-state index contributed by atoms with van der Waals surface area (Å²) in [6.45, 7) is 0. The van der Waals surface area contributed by atoms with Crippen molar-refractivity contribution < 1.29 is 27.9 Å². The monoisotopic (exact) mass is 346 g/mol. The Labute approximate surface area is 123 Å². The van der Waals surface area contributed by atoms with E-state index in [0.717, 1.165) is 0 Å². The van der Waals surface area contributed by atoms with Crippen LogP contribution in [0.2, 0.25) is 0 Å². The fraction of sp³-hybridized carbons (Fsp3) is 0. The summed E-state index contributed by atoms with van der Waals surface area (Å²) in [5, 5.41) is 0. The van der Waals surface area contributed by atoms with Gasteiger partial charge in [-0.15, -0.1) is 0 Å². The first-order valence-corrected chi connectivity index (χ1v) is 8.49. The molecule has 10 heteroatoms. The predicted molar refractivity (Wildman–Crippen MR) is 45.8 cm³/mol. The quantitative estimate of drug-likeness (QED) is 0.529. The minimum Gasteiger partial charge on any atom is 0 e. The Bertz CT molecular complexity index is 34.0. The third kappa shape index (κ3) is 97.8. The second-order valence-electron chi connectivity index (χ2n) is 0.271. The Kier molecular flexibility index (Phi) is 68.9. The molecule has 0 aliphatic carbocycles. The van der Waals surface area contributed by atoms with Crippen LogP contribution in [0, 0.1) is 0 Å². The maximum Gasteiger partial charge on any atom is 0 e. The maximum absolute atomic E-state index is 4.98. The molecule has 0 heterocycles. The van der Waals surface area contributed by atoms with Crippen LogP contribution in [0.3, 0.4) is 0 Å². The number of hydrogen-bond acceptors (Lipinski definition) is 0. The van der Waals surface area contributed by atoms with Crippen molar-refractivity contribution in [1.82, 2.24) is 0 Å². The number of halogens is 4. The minimum absolute atomic E-state index is 0. The predicted octanol–water partition coefficient (Wildman–Crippen LogP) is -0.480. The Balaban J connectivity index is -0.00000000800. The summed E-state index contributed by atoms with van der Waals surface area (Å²) < 4.78 is 0. The van der Waals surface area contributed by atoms with Gasteiger partial charge < -0.3 is 16.4 Å². The molecular formula is H6Cl4Na2O3Pd. The van der Waals surface area contributed by atoms with Crippen LogP contribution in [-0.4, -0.2) is 75.5 Å². The zero-order valence-electron chi connectivity index (χ0n) is 5.33. The first-order chi connectivity index (χ1) is 2.00. The molecule has 0 amide bonds. The van der Waals surface area contributed by atoms with Crippen LogP contribution in [-0.2, 0) is 11.5 Å². The van der Waals surface area contributed by atoms with Gasteiger partial charge in [0.15, 0.2) is 0 Å². The first-order valence-electron chi connectivity index (χ1n) is 0.478. The van der Waals surface area contributed by atoms with Crippen LogP contribution in [0.15, 0.2) is 0 Å². The van der Waals surface area contributed by atoms with Crippen LogP contribution in [0.25, 0.3) is 0 Å². The largest absolute Gasteiger partial charge is 0 e. The molecular weight excluding hydrogens is 342 g/mol. The molecule has 2 radical (unpaired) electrons. The van der Waals surface area contributed by atoms with E-state index in [0.29, 0.717) is 0 Å². The van der Waals surface area contributed by atoms with Gasteiger partial charge in [0.05, 0.1) is 0 Å². The van der Waals surface area contributed by atoms with E-state index in [1.54, 1.807) is 0 Å². The molecule has 0 saturated carbocycles. The average molecular weight is 348 g/mol. The molecule has 10 heavy (non-hydrogen) atoms. The molecule has 0 saturated heterocycles. The molecule has 0 unspecified atom stereocenters. The number of hydrogen-bond donors (Lipinski definition) is 0. The summed E-state index contributed by atoms with van der Waals surface area (Å²) in [5.74, 6) is 0. The molecule has 0 aromatic heterocycles. The van der Waals surface area contributed by atoms with Gasteiger partial charge in [-0.1, -0.05) is 0 Å². The Morgan fingerprint density at radius 2 is 0.600 bits per heavy atom. The van der Waals surface area contributed by atoms with Crippen LogP contribution in [0.4, 0.5) is 0 Å². The maximum atomic E-state index is 4.98. The molecule has 0 aliphatic rings. The topological polar surface area (TPSA) is 94.5 Å². The van der Waals surface area contributed by atoms with E-state index in [9.17, 15) is 0 Å². The van der Waals surface area contributed by atoms with E-state index in [2.05, 4.69) is 0 Å². The van der Waals surface area contributed by atoms with E-state index in [1.807, 2.05) is 0 Å². The minimum atomic E-state index is -2.81. The van der Waals surface area contributed by atoms with Gasteiger partial charge in [-0.2, -0.15) is 0 Å². The van der Waals surface area contributed by atoms with Crippen LogP contribution >= 0.6 is 38.1 Å². The van der Waals surface area contributed by atoms with Gasteiger partial charge in [0.2, 0.25) is 0 Å². The Hall–Kier alpha value is 3.70. The van der Waals surface area contributed by atoms with Gasteiger partial charge in [0.1, 0.15) is 0 Å². The average Bonchev–Trinajstić information content (AvgIpc) is 0.722. The van der Waals surface area contributed by atoms with Crippen LogP contribution < -0.4 is 0 Å². The molecule has 0 atom stereocenters. The molecule has 0 rings (SSSR count). The van der Waals surface area contributed by atoms with Gasteiger partial charge in [-0.05, 0) is 0 Å². The molecule has 0 aromatic carbocycles. The van der Waals surface area contributed by atoms with E-state index in [1.165, 1.54) is 0 Å². The normalized spacial score (nSPS) is 7.60. The molecule has 0 aliphatic heterocycles. The molecule has 3 nitrogen and oxygen atoms in total. The first kappa shape index (κ1) is 37.3. The van der Waals surface area contributed by atoms with Crippen molar-refractivity contribution in [3.8, 4) is 0 Å². The summed E-state index contributed by atoms with van der Waals surface area (Å²) in [4.78, 5) is 0. The van der Waals surface area contributed by atoms with Crippen LogP contribution in [0.1, 0.15) is 0 Å². The second-order valence-corrected chi connectivity index (χ2v) is 14.4. The van der Waals surface area contributed by atoms with Gasteiger partial charge in [-0.25, -0.2) is 0 Å². The van der Waals surface area contributed by atoms with Gasteiger partial charge >= 0.3 is 49.6 Å². The van der Waals surface area contributed by atoms with E-state index >= 15 is 0 Å². The molecule has 0 spiro atoms. The summed E-state index contributed by atoms with van der Waals surface area (Å²) >= 11 is -2.81. The van der Waals surface area contributed by atoms with E-state index in [-0.39, 0.29) is 75.5 Å². The summed E-state index contributed by atoms with van der Waals surface area (Å²) in [5.41, 5.74) is 0. The molecule has 0 aromatic rings. The smallest absolute Gasteiger partial charge is 0 e. The van der Waals surface area contributed by atoms with Crippen molar-refractivity contribution in [3.63, 3.8) is 0 Å². The zero-order valence-corrected chi connectivity index (χ0v) is 13.9. The molecule has 6 N–H and O–H groups in total. The fourth-order valence-corrected chi connectivity index (χ4v) is 0. The van der Waals surface area contributed by atoms with Crippen molar-refractivity contribution in [2.24, 2.45) is 0 Å². The summed E-state index contributed by atoms with van der Waals surface area (Å²) in [6.07, 6.45) is 0. The Morgan fingerprint density at radius 1 is 0.600 bits per heavy atom. The molecule has 64 valence electrons. The zero-order chi connectivity index (χ0) is 4.50. The molecule has 0 fully saturated rings. The standard InChI is InChI=1S/4ClH.2Na.3H2O.Pd/h4*1H;;;3*1H2;/q;;;;;;;;;+4/p-4. The SMILES string of the molecule is O.O.O.[Cl][Pd]([Cl])([Cl])[Cl].[Na].[Na]. The van der Waals surface area contributed by atoms with E-state index in [4.69, 9.17) is 38.1 Å². The third-order valence-corrected chi connectivity index (χ3v) is 0. The van der Waals surface area contributed by atoms with Crippen molar-refractivity contribution in [3.05, 3.63) is 0 Å². The fourth-order valence-electron chi connectivity index (χ4n) is 0. The second kappa shape index (κ2) is 18.5. The van der Waals surface area contributed by atoms with Crippen molar-refractivity contribution in [2.75, 3.05) is 0 Å². The summed E-state index contributed by atoms with van der Waals surface area (Å²) in [6, 6.07) is 0. The molecule has 0 bridgehead atoms. The summed E-state index contributed by atoms with van der Waals surface area (Å²) in [7, 11) is 19.9. The number of rotatable bonds is 0. The van der Waals surface area contributed by atoms with Gasteiger partial charge in [-0.3, -0.25) is 0 Å². The van der Waals surface area contributed by atoms with Crippen molar-refractivity contribution >= 4 is 97.2 Å². The van der Waals surface area contributed by atoms with Gasteiger partial charge in [0.25, 0.3) is 0 Å². The van der Waals surface area contributed by atoms with Crippen molar-refractivity contribution in [1.29, 1.82) is 0 Å². The Morgan fingerprint density at radius 3 is 0.600 bits per heavy atom. The van der Waals surface area contributed by atoms with Gasteiger partial charge in [0, 0.05) is 59.1 Å².